The number of ether oxygens (including phenoxy) is 1. The van der Waals surface area contributed by atoms with Crippen LogP contribution in [0, 0.1) is 11.3 Å². The highest BCUT2D eigenvalue weighted by Crippen LogP contribution is 2.29. The molecule has 0 radical (unpaired) electrons. The van der Waals surface area contributed by atoms with Gasteiger partial charge in [-0.2, -0.15) is 11.3 Å². The molecule has 0 bridgehead atoms. The van der Waals surface area contributed by atoms with Gasteiger partial charge in [0.1, 0.15) is 5.92 Å². The second kappa shape index (κ2) is 6.88. The molecule has 4 nitrogen and oxygen atoms in total. The third kappa shape index (κ3) is 4.34. The monoisotopic (exact) mass is 297 g/mol. The molecule has 1 aromatic heterocycles. The lowest BCUT2D eigenvalue weighted by molar-refractivity contribution is -0.160. The van der Waals surface area contributed by atoms with Gasteiger partial charge in [-0.15, -0.1) is 0 Å². The lowest BCUT2D eigenvalue weighted by atomic mass is 9.79. The number of carbonyl (C=O) groups excluding carboxylic acids is 2. The molecule has 0 N–H and O–H groups in total. The Morgan fingerprint density at radius 1 is 1.40 bits per heavy atom. The Morgan fingerprint density at radius 2 is 2.05 bits per heavy atom. The van der Waals surface area contributed by atoms with Gasteiger partial charge in [0.15, 0.2) is 0 Å². The summed E-state index contributed by atoms with van der Waals surface area (Å²) in [6.45, 7) is 8.18. The number of amides is 1. The van der Waals surface area contributed by atoms with Gasteiger partial charge in [0.2, 0.25) is 5.91 Å². The van der Waals surface area contributed by atoms with Crippen molar-refractivity contribution in [1.29, 1.82) is 0 Å². The summed E-state index contributed by atoms with van der Waals surface area (Å²) >= 11 is 1.59. The van der Waals surface area contributed by atoms with E-state index in [-0.39, 0.29) is 12.5 Å². The highest BCUT2D eigenvalue weighted by molar-refractivity contribution is 7.07. The van der Waals surface area contributed by atoms with Gasteiger partial charge in [-0.25, -0.2) is 0 Å². The second-order valence-corrected chi connectivity index (χ2v) is 6.66. The molecule has 0 fully saturated rings. The molecule has 1 atom stereocenters. The van der Waals surface area contributed by atoms with Crippen LogP contribution >= 0.6 is 11.3 Å². The number of rotatable bonds is 5. The topological polar surface area (TPSA) is 46.6 Å². The Morgan fingerprint density at radius 3 is 2.50 bits per heavy atom. The minimum atomic E-state index is -0.772. The maximum absolute atomic E-state index is 12.6. The number of hydrogen-bond acceptors (Lipinski definition) is 4. The van der Waals surface area contributed by atoms with Crippen molar-refractivity contribution in [2.75, 3.05) is 13.7 Å². The number of hydrogen-bond donors (Lipinski definition) is 0. The van der Waals surface area contributed by atoms with Gasteiger partial charge in [0, 0.05) is 13.6 Å². The largest absolute Gasteiger partial charge is 0.465 e. The van der Waals surface area contributed by atoms with Gasteiger partial charge in [0.25, 0.3) is 0 Å². The Labute approximate surface area is 124 Å². The molecule has 0 spiro atoms. The van der Waals surface area contributed by atoms with Gasteiger partial charge < -0.3 is 9.64 Å². The smallest absolute Gasteiger partial charge is 0.319 e. The number of esters is 1. The minimum absolute atomic E-state index is 0.192. The first-order valence-electron chi connectivity index (χ1n) is 6.70. The fourth-order valence-corrected chi connectivity index (χ4v) is 2.66. The normalized spacial score (nSPS) is 12.8. The quantitative estimate of drug-likeness (QED) is 0.620. The Bertz CT molecular complexity index is 448. The van der Waals surface area contributed by atoms with E-state index in [9.17, 15) is 9.59 Å². The van der Waals surface area contributed by atoms with E-state index in [0.29, 0.717) is 6.54 Å². The van der Waals surface area contributed by atoms with Crippen molar-refractivity contribution in [3.05, 3.63) is 22.4 Å². The first-order chi connectivity index (χ1) is 9.27. The predicted molar refractivity (Wildman–Crippen MR) is 80.4 cm³/mol. The van der Waals surface area contributed by atoms with Crippen molar-refractivity contribution in [2.24, 2.45) is 11.3 Å². The summed E-state index contributed by atoms with van der Waals surface area (Å²) in [7, 11) is 1.72. The molecular weight excluding hydrogens is 274 g/mol. The molecule has 0 aliphatic heterocycles. The Kier molecular flexibility index (Phi) is 5.74. The van der Waals surface area contributed by atoms with Gasteiger partial charge in [-0.1, -0.05) is 20.8 Å². The maximum atomic E-state index is 12.6. The SMILES string of the molecule is CCOC(=O)C(C(=O)N(C)Cc1ccsc1)C(C)(C)C. The molecule has 20 heavy (non-hydrogen) atoms. The van der Waals surface area contributed by atoms with E-state index in [1.807, 2.05) is 37.6 Å². The van der Waals surface area contributed by atoms with Crippen LogP contribution in [0.1, 0.15) is 33.3 Å². The third-order valence-corrected chi connectivity index (χ3v) is 3.74. The molecule has 112 valence electrons. The summed E-state index contributed by atoms with van der Waals surface area (Å²) in [4.78, 5) is 26.2. The lowest BCUT2D eigenvalue weighted by Gasteiger charge is -2.31. The fourth-order valence-electron chi connectivity index (χ4n) is 2.01. The Hall–Kier alpha value is -1.36. The standard InChI is InChI=1S/C15H23NO3S/c1-6-19-14(18)12(15(2,3)4)13(17)16(5)9-11-7-8-20-10-11/h7-8,10,12H,6,9H2,1-5H3. The van der Waals surface area contributed by atoms with E-state index in [2.05, 4.69) is 0 Å². The van der Waals surface area contributed by atoms with Crippen LogP contribution in [-0.4, -0.2) is 30.4 Å². The average Bonchev–Trinajstić information content (AvgIpc) is 2.80. The predicted octanol–water partition coefficient (Wildman–Crippen LogP) is 2.93. The molecule has 1 amide bonds. The van der Waals surface area contributed by atoms with Gasteiger partial charge in [-0.3, -0.25) is 9.59 Å². The molecule has 1 rings (SSSR count). The number of carbonyl (C=O) groups is 2. The van der Waals surface area contributed by atoms with Crippen LogP contribution in [0.25, 0.3) is 0 Å². The van der Waals surface area contributed by atoms with Crippen molar-refractivity contribution in [1.82, 2.24) is 4.90 Å². The van der Waals surface area contributed by atoms with Crippen molar-refractivity contribution in [3.8, 4) is 0 Å². The van der Waals surface area contributed by atoms with E-state index in [4.69, 9.17) is 4.74 Å². The molecule has 0 aliphatic rings. The summed E-state index contributed by atoms with van der Waals surface area (Å²) in [5.74, 6) is -1.41. The summed E-state index contributed by atoms with van der Waals surface area (Å²) < 4.78 is 5.05. The van der Waals surface area contributed by atoms with Crippen LogP contribution in [0.15, 0.2) is 16.8 Å². The third-order valence-electron chi connectivity index (χ3n) is 3.01. The molecule has 0 aliphatic carbocycles. The molecule has 5 heteroatoms. The summed E-state index contributed by atoms with van der Waals surface area (Å²) in [5.41, 5.74) is 0.606. The number of nitrogens with zero attached hydrogens (tertiary/aromatic N) is 1. The summed E-state index contributed by atoms with van der Waals surface area (Å²) in [5, 5.41) is 3.97. The second-order valence-electron chi connectivity index (χ2n) is 5.88. The van der Waals surface area contributed by atoms with Crippen LogP contribution in [0.3, 0.4) is 0 Å². The molecule has 0 aromatic carbocycles. The molecule has 1 heterocycles. The zero-order valence-corrected chi connectivity index (χ0v) is 13.6. The van der Waals surface area contributed by atoms with E-state index in [1.54, 1.807) is 30.2 Å². The van der Waals surface area contributed by atoms with Gasteiger partial charge >= 0.3 is 5.97 Å². The maximum Gasteiger partial charge on any atom is 0.319 e. The van der Waals surface area contributed by atoms with Gasteiger partial charge in [-0.05, 0) is 34.7 Å². The van der Waals surface area contributed by atoms with Crippen LogP contribution in [-0.2, 0) is 20.9 Å². The zero-order chi connectivity index (χ0) is 15.3. The van der Waals surface area contributed by atoms with Crippen molar-refractivity contribution in [3.63, 3.8) is 0 Å². The minimum Gasteiger partial charge on any atom is -0.465 e. The fraction of sp³-hybridized carbons (Fsp3) is 0.600. The van der Waals surface area contributed by atoms with E-state index < -0.39 is 17.3 Å². The van der Waals surface area contributed by atoms with Crippen LogP contribution in [0.5, 0.6) is 0 Å². The molecule has 0 saturated carbocycles. The van der Waals surface area contributed by atoms with Crippen molar-refractivity contribution < 1.29 is 14.3 Å². The lowest BCUT2D eigenvalue weighted by Crippen LogP contribution is -2.44. The zero-order valence-electron chi connectivity index (χ0n) is 12.8. The highest BCUT2D eigenvalue weighted by atomic mass is 32.1. The highest BCUT2D eigenvalue weighted by Gasteiger charge is 2.40. The van der Waals surface area contributed by atoms with Crippen molar-refractivity contribution in [2.45, 2.75) is 34.2 Å². The number of thiophene rings is 1. The van der Waals surface area contributed by atoms with E-state index in [0.717, 1.165) is 5.56 Å². The summed E-state index contributed by atoms with van der Waals surface area (Å²) in [6, 6.07) is 1.98. The molecule has 1 unspecified atom stereocenters. The van der Waals surface area contributed by atoms with Gasteiger partial charge in [0.05, 0.1) is 6.61 Å². The first kappa shape index (κ1) is 16.7. The summed E-state index contributed by atoms with van der Waals surface area (Å²) in [6.07, 6.45) is 0. The van der Waals surface area contributed by atoms with Crippen molar-refractivity contribution >= 4 is 23.2 Å². The molecule has 1 aromatic rings. The van der Waals surface area contributed by atoms with Crippen LogP contribution < -0.4 is 0 Å². The van der Waals surface area contributed by atoms with Crippen LogP contribution in [0.4, 0.5) is 0 Å². The first-order valence-corrected chi connectivity index (χ1v) is 7.64. The van der Waals surface area contributed by atoms with E-state index >= 15 is 0 Å². The average molecular weight is 297 g/mol. The molecular formula is C15H23NO3S. The van der Waals surface area contributed by atoms with E-state index in [1.165, 1.54) is 0 Å². The van der Waals surface area contributed by atoms with Crippen LogP contribution in [0.2, 0.25) is 0 Å². The Balaban J connectivity index is 2.84. The molecule has 0 saturated heterocycles.